The van der Waals surface area contributed by atoms with Crippen LogP contribution in [0.25, 0.3) is 0 Å². The van der Waals surface area contributed by atoms with Gasteiger partial charge in [-0.2, -0.15) is 9.40 Å². The molecule has 1 fully saturated rings. The highest BCUT2D eigenvalue weighted by molar-refractivity contribution is 7.89. The van der Waals surface area contributed by atoms with Crippen molar-refractivity contribution in [1.82, 2.24) is 19.4 Å². The van der Waals surface area contributed by atoms with E-state index in [0.29, 0.717) is 43.5 Å². The highest BCUT2D eigenvalue weighted by atomic mass is 32.2. The van der Waals surface area contributed by atoms with E-state index in [4.69, 9.17) is 0 Å². The predicted octanol–water partition coefficient (Wildman–Crippen LogP) is 2.69. The first-order valence-electron chi connectivity index (χ1n) is 11.2. The molecule has 0 spiro atoms. The number of benzene rings is 1. The number of aryl methyl sites for hydroxylation is 2. The number of carbonyl (C=O) groups excluding carboxylic acids is 1. The molecule has 9 heteroatoms. The average molecular weight is 462 g/mol. The summed E-state index contributed by atoms with van der Waals surface area (Å²) in [6.45, 7) is 7.53. The van der Waals surface area contributed by atoms with Gasteiger partial charge in [-0.1, -0.05) is 19.1 Å². The second kappa shape index (κ2) is 10.0. The third-order valence-corrected chi connectivity index (χ3v) is 8.30. The number of anilines is 1. The van der Waals surface area contributed by atoms with Gasteiger partial charge in [0, 0.05) is 45.8 Å². The van der Waals surface area contributed by atoms with Crippen molar-refractivity contribution in [3.63, 3.8) is 0 Å². The number of nitrogens with one attached hydrogen (secondary N) is 1. The summed E-state index contributed by atoms with van der Waals surface area (Å²) in [5, 5.41) is 7.35. The molecule has 8 nitrogen and oxygen atoms in total. The summed E-state index contributed by atoms with van der Waals surface area (Å²) in [4.78, 5) is 14.7. The Morgan fingerprint density at radius 2 is 1.78 bits per heavy atom. The van der Waals surface area contributed by atoms with Crippen molar-refractivity contribution in [3.05, 3.63) is 41.2 Å². The van der Waals surface area contributed by atoms with Crippen LogP contribution in [0.15, 0.2) is 29.2 Å². The monoisotopic (exact) mass is 461 g/mol. The summed E-state index contributed by atoms with van der Waals surface area (Å²) in [6, 6.07) is 8.02. The lowest BCUT2D eigenvalue weighted by Crippen LogP contribution is -2.38. The summed E-state index contributed by atoms with van der Waals surface area (Å²) < 4.78 is 29.6. The molecule has 1 aliphatic heterocycles. The summed E-state index contributed by atoms with van der Waals surface area (Å²) in [7, 11) is 0.397. The largest absolute Gasteiger partial charge is 0.378 e. The Labute approximate surface area is 191 Å². The molecule has 0 unspecified atom stereocenters. The van der Waals surface area contributed by atoms with Crippen LogP contribution < -0.4 is 10.2 Å². The summed E-state index contributed by atoms with van der Waals surface area (Å²) in [5.41, 5.74) is 3.21. The van der Waals surface area contributed by atoms with E-state index in [2.05, 4.69) is 17.3 Å². The van der Waals surface area contributed by atoms with Crippen LogP contribution in [0.2, 0.25) is 0 Å². The zero-order chi connectivity index (χ0) is 23.5. The van der Waals surface area contributed by atoms with Gasteiger partial charge in [0.05, 0.1) is 17.9 Å². The Morgan fingerprint density at radius 3 is 2.38 bits per heavy atom. The molecular formula is C23H35N5O3S. The fourth-order valence-electron chi connectivity index (χ4n) is 4.03. The van der Waals surface area contributed by atoms with E-state index in [1.165, 1.54) is 0 Å². The number of piperidine rings is 1. The van der Waals surface area contributed by atoms with E-state index in [9.17, 15) is 13.2 Å². The lowest BCUT2D eigenvalue weighted by Gasteiger charge is -2.29. The van der Waals surface area contributed by atoms with E-state index >= 15 is 0 Å². The summed E-state index contributed by atoms with van der Waals surface area (Å²) in [5.74, 6) is 0.458. The smallest absolute Gasteiger partial charge is 0.246 e. The third-order valence-electron chi connectivity index (χ3n) is 6.15. The van der Waals surface area contributed by atoms with Gasteiger partial charge in [-0.25, -0.2) is 8.42 Å². The summed E-state index contributed by atoms with van der Waals surface area (Å²) >= 11 is 0. The maximum atomic E-state index is 13.2. The first-order chi connectivity index (χ1) is 15.1. The Morgan fingerprint density at radius 1 is 1.16 bits per heavy atom. The molecule has 1 aromatic heterocycles. The van der Waals surface area contributed by atoms with Crippen LogP contribution in [-0.2, 0) is 27.9 Å². The van der Waals surface area contributed by atoms with Crippen LogP contribution in [0.5, 0.6) is 0 Å². The third kappa shape index (κ3) is 5.50. The van der Waals surface area contributed by atoms with Crippen LogP contribution in [0, 0.1) is 19.8 Å². The highest BCUT2D eigenvalue weighted by Crippen LogP contribution is 2.27. The van der Waals surface area contributed by atoms with Gasteiger partial charge in [0.15, 0.2) is 0 Å². The van der Waals surface area contributed by atoms with Crippen LogP contribution >= 0.6 is 0 Å². The van der Waals surface area contributed by atoms with E-state index in [0.717, 1.165) is 24.1 Å². The minimum atomic E-state index is -3.57. The van der Waals surface area contributed by atoms with Crippen LogP contribution in [0.3, 0.4) is 0 Å². The quantitative estimate of drug-likeness (QED) is 0.653. The Kier molecular flexibility index (Phi) is 7.61. The lowest BCUT2D eigenvalue weighted by molar-refractivity contribution is -0.121. The van der Waals surface area contributed by atoms with Crippen LogP contribution in [-0.4, -0.2) is 55.6 Å². The van der Waals surface area contributed by atoms with Gasteiger partial charge in [0.2, 0.25) is 15.9 Å². The average Bonchev–Trinajstić information content (AvgIpc) is 3.05. The van der Waals surface area contributed by atoms with Gasteiger partial charge in [0.1, 0.15) is 4.90 Å². The first kappa shape index (κ1) is 24.3. The van der Waals surface area contributed by atoms with Crippen molar-refractivity contribution in [2.45, 2.75) is 58.0 Å². The Hall–Kier alpha value is -2.39. The first-order valence-corrected chi connectivity index (χ1v) is 12.6. The van der Waals surface area contributed by atoms with Gasteiger partial charge in [0.25, 0.3) is 0 Å². The van der Waals surface area contributed by atoms with Gasteiger partial charge in [-0.05, 0) is 50.3 Å². The van der Waals surface area contributed by atoms with Gasteiger partial charge < -0.3 is 10.2 Å². The standard InChI is InChI=1S/C23H35N5O3S/c1-17-10-13-27(14-11-17)32(30,31)23-18(2)25-28(19(23)3)15-12-22(29)24-16-20-6-8-21(9-7-20)26(4)5/h6-9,17H,10-16H2,1-5H3,(H,24,29). The topological polar surface area (TPSA) is 87.5 Å². The molecule has 3 rings (SSSR count). The van der Waals surface area contributed by atoms with E-state index < -0.39 is 10.0 Å². The molecule has 2 aromatic rings. The van der Waals surface area contributed by atoms with Gasteiger partial charge in [-0.15, -0.1) is 0 Å². The molecular weight excluding hydrogens is 426 g/mol. The number of sulfonamides is 1. The number of amides is 1. The van der Waals surface area contributed by atoms with Crippen molar-refractivity contribution in [2.75, 3.05) is 32.1 Å². The molecule has 0 saturated carbocycles. The Balaban J connectivity index is 1.59. The van der Waals surface area contributed by atoms with Crippen molar-refractivity contribution in [1.29, 1.82) is 0 Å². The van der Waals surface area contributed by atoms with E-state index in [1.54, 1.807) is 22.8 Å². The van der Waals surface area contributed by atoms with Gasteiger partial charge in [-0.3, -0.25) is 9.48 Å². The molecule has 0 radical (unpaired) electrons. The minimum Gasteiger partial charge on any atom is -0.378 e. The minimum absolute atomic E-state index is 0.0938. The number of hydrogen-bond acceptors (Lipinski definition) is 5. The van der Waals surface area contributed by atoms with Crippen molar-refractivity contribution in [3.8, 4) is 0 Å². The number of hydrogen-bond donors (Lipinski definition) is 1. The van der Waals surface area contributed by atoms with Crippen LogP contribution in [0.4, 0.5) is 5.69 Å². The lowest BCUT2D eigenvalue weighted by atomic mass is 10.0. The molecule has 0 bridgehead atoms. The molecule has 32 heavy (non-hydrogen) atoms. The van der Waals surface area contributed by atoms with Gasteiger partial charge >= 0.3 is 0 Å². The van der Waals surface area contributed by atoms with E-state index in [1.807, 2.05) is 43.3 Å². The number of rotatable bonds is 8. The molecule has 1 saturated heterocycles. The zero-order valence-corrected chi connectivity index (χ0v) is 20.6. The molecule has 1 amide bonds. The molecule has 2 heterocycles. The number of aromatic nitrogens is 2. The second-order valence-electron chi connectivity index (χ2n) is 8.90. The number of carbonyl (C=O) groups is 1. The molecule has 176 valence electrons. The zero-order valence-electron chi connectivity index (χ0n) is 19.8. The normalized spacial score (nSPS) is 15.7. The number of nitrogens with zero attached hydrogens (tertiary/aromatic N) is 4. The van der Waals surface area contributed by atoms with Crippen LogP contribution in [0.1, 0.15) is 43.1 Å². The SMILES string of the molecule is Cc1nn(CCC(=O)NCc2ccc(N(C)C)cc2)c(C)c1S(=O)(=O)N1CCC(C)CC1. The van der Waals surface area contributed by atoms with Crippen molar-refractivity contribution >= 4 is 21.6 Å². The van der Waals surface area contributed by atoms with Crippen molar-refractivity contribution < 1.29 is 13.2 Å². The summed E-state index contributed by atoms with van der Waals surface area (Å²) in [6.07, 6.45) is 1.99. The maximum absolute atomic E-state index is 13.2. The molecule has 1 aliphatic rings. The fraction of sp³-hybridized carbons (Fsp3) is 0.565. The van der Waals surface area contributed by atoms with E-state index in [-0.39, 0.29) is 17.2 Å². The fourth-order valence-corrected chi connectivity index (χ4v) is 5.88. The Bertz CT molecular complexity index is 1040. The molecule has 1 N–H and O–H groups in total. The van der Waals surface area contributed by atoms with Crippen molar-refractivity contribution in [2.24, 2.45) is 5.92 Å². The maximum Gasteiger partial charge on any atom is 0.246 e. The molecule has 1 aromatic carbocycles. The predicted molar refractivity (Wildman–Crippen MR) is 126 cm³/mol. The second-order valence-corrected chi connectivity index (χ2v) is 10.8. The molecule has 0 aliphatic carbocycles. The highest BCUT2D eigenvalue weighted by Gasteiger charge is 2.32. The molecule has 0 atom stereocenters.